The van der Waals surface area contributed by atoms with E-state index in [-0.39, 0.29) is 5.56 Å². The molecule has 1 unspecified atom stereocenters. The van der Waals surface area contributed by atoms with Gasteiger partial charge in [-0.1, -0.05) is 0 Å². The quantitative estimate of drug-likeness (QED) is 0.834. The lowest BCUT2D eigenvalue weighted by Gasteiger charge is -2.16. The first kappa shape index (κ1) is 14.5. The van der Waals surface area contributed by atoms with Gasteiger partial charge in [-0.05, 0) is 37.6 Å². The molecule has 18 heavy (non-hydrogen) atoms. The molecule has 0 heterocycles. The highest BCUT2D eigenvalue weighted by Crippen LogP contribution is 2.21. The zero-order valence-corrected chi connectivity index (χ0v) is 9.94. The third-order valence-electron chi connectivity index (χ3n) is 2.35. The molecule has 1 rings (SSSR count). The zero-order chi connectivity index (χ0) is 13.9. The molecule has 1 aromatic carbocycles. The van der Waals surface area contributed by atoms with Gasteiger partial charge in [-0.15, -0.1) is 0 Å². The van der Waals surface area contributed by atoms with Crippen LogP contribution in [0, 0.1) is 12.7 Å². The Kier molecular flexibility index (Phi) is 4.32. The molecule has 0 bridgehead atoms. The Morgan fingerprint density at radius 3 is 2.50 bits per heavy atom. The maximum atomic E-state index is 12.8. The Labute approximate surface area is 102 Å². The van der Waals surface area contributed by atoms with Gasteiger partial charge in [0.1, 0.15) is 5.82 Å². The van der Waals surface area contributed by atoms with Crippen molar-refractivity contribution in [3.63, 3.8) is 0 Å². The molecule has 0 aliphatic rings. The predicted octanol–water partition coefficient (Wildman–Crippen LogP) is 3.20. The van der Waals surface area contributed by atoms with Crippen molar-refractivity contribution in [1.29, 1.82) is 0 Å². The van der Waals surface area contributed by atoms with E-state index in [1.54, 1.807) is 0 Å². The van der Waals surface area contributed by atoms with E-state index in [9.17, 15) is 22.4 Å². The summed E-state index contributed by atoms with van der Waals surface area (Å²) >= 11 is 0. The van der Waals surface area contributed by atoms with Crippen molar-refractivity contribution in [2.75, 3.05) is 0 Å². The fourth-order valence-electron chi connectivity index (χ4n) is 1.58. The number of hydrogen-bond donors (Lipinski definition) is 1. The van der Waals surface area contributed by atoms with Gasteiger partial charge in [0.15, 0.2) is 0 Å². The molecule has 0 aromatic heterocycles. The maximum Gasteiger partial charge on any atom is 0.391 e. The second-order valence-electron chi connectivity index (χ2n) is 4.15. The number of halogens is 4. The van der Waals surface area contributed by atoms with Gasteiger partial charge in [0.05, 0.1) is 6.42 Å². The fraction of sp³-hybridized carbons (Fsp3) is 0.417. The molecule has 0 saturated heterocycles. The largest absolute Gasteiger partial charge is 0.391 e. The van der Waals surface area contributed by atoms with Crippen LogP contribution < -0.4 is 5.32 Å². The number of benzene rings is 1. The summed E-state index contributed by atoms with van der Waals surface area (Å²) < 4.78 is 49.1. The minimum absolute atomic E-state index is 0.172. The summed E-state index contributed by atoms with van der Waals surface area (Å²) in [5.41, 5.74) is 0.553. The summed E-state index contributed by atoms with van der Waals surface area (Å²) in [6, 6.07) is 2.47. The molecule has 0 aliphatic carbocycles. The highest BCUT2D eigenvalue weighted by atomic mass is 19.4. The summed E-state index contributed by atoms with van der Waals surface area (Å²) in [6.07, 6.45) is -5.43. The molecule has 100 valence electrons. The van der Waals surface area contributed by atoms with Crippen LogP contribution >= 0.6 is 0 Å². The minimum atomic E-state index is -4.33. The Balaban J connectivity index is 2.71. The van der Waals surface area contributed by atoms with Crippen molar-refractivity contribution in [1.82, 2.24) is 5.32 Å². The van der Waals surface area contributed by atoms with Crippen LogP contribution in [0.25, 0.3) is 0 Å². The van der Waals surface area contributed by atoms with Crippen LogP contribution in [0.1, 0.15) is 29.3 Å². The van der Waals surface area contributed by atoms with Gasteiger partial charge < -0.3 is 5.32 Å². The molecule has 0 saturated carbocycles. The zero-order valence-electron chi connectivity index (χ0n) is 9.94. The first-order valence-electron chi connectivity index (χ1n) is 5.33. The predicted molar refractivity (Wildman–Crippen MR) is 58.7 cm³/mol. The van der Waals surface area contributed by atoms with Crippen molar-refractivity contribution in [2.45, 2.75) is 32.5 Å². The average molecular weight is 263 g/mol. The van der Waals surface area contributed by atoms with Crippen molar-refractivity contribution >= 4 is 5.91 Å². The average Bonchev–Trinajstić information content (AvgIpc) is 2.13. The van der Waals surface area contributed by atoms with E-state index >= 15 is 0 Å². The fourth-order valence-corrected chi connectivity index (χ4v) is 1.58. The van der Waals surface area contributed by atoms with Gasteiger partial charge in [0, 0.05) is 11.6 Å². The molecule has 1 N–H and O–H groups in total. The Morgan fingerprint density at radius 1 is 1.39 bits per heavy atom. The van der Waals surface area contributed by atoms with E-state index in [0.29, 0.717) is 5.56 Å². The molecule has 1 atom stereocenters. The monoisotopic (exact) mass is 263 g/mol. The molecule has 0 fully saturated rings. The SMILES string of the molecule is Cc1cc(F)ccc1C(=O)NC(C)CC(F)(F)F. The van der Waals surface area contributed by atoms with E-state index in [4.69, 9.17) is 0 Å². The van der Waals surface area contributed by atoms with Crippen LogP contribution in [0.15, 0.2) is 18.2 Å². The first-order chi connectivity index (χ1) is 8.19. The molecular weight excluding hydrogens is 250 g/mol. The van der Waals surface area contributed by atoms with Crippen molar-refractivity contribution < 1.29 is 22.4 Å². The molecule has 0 spiro atoms. The second-order valence-corrected chi connectivity index (χ2v) is 4.15. The van der Waals surface area contributed by atoms with Crippen molar-refractivity contribution in [3.05, 3.63) is 35.1 Å². The number of alkyl halides is 3. The van der Waals surface area contributed by atoms with E-state index in [2.05, 4.69) is 5.32 Å². The number of hydrogen-bond acceptors (Lipinski definition) is 1. The number of carbonyl (C=O) groups excluding carboxylic acids is 1. The lowest BCUT2D eigenvalue weighted by Crippen LogP contribution is -2.36. The Morgan fingerprint density at radius 2 is 2.00 bits per heavy atom. The minimum Gasteiger partial charge on any atom is -0.349 e. The highest BCUT2D eigenvalue weighted by Gasteiger charge is 2.30. The molecule has 0 aliphatic heterocycles. The molecular formula is C12H13F4NO. The summed E-state index contributed by atoms with van der Waals surface area (Å²) in [7, 11) is 0. The third kappa shape index (κ3) is 4.35. The highest BCUT2D eigenvalue weighted by molar-refractivity contribution is 5.95. The summed E-state index contributed by atoms with van der Waals surface area (Å²) in [5, 5.41) is 2.23. The maximum absolute atomic E-state index is 12.8. The van der Waals surface area contributed by atoms with Crippen LogP contribution in [0.5, 0.6) is 0 Å². The van der Waals surface area contributed by atoms with Crippen LogP contribution in [0.2, 0.25) is 0 Å². The number of rotatable bonds is 3. The molecule has 2 nitrogen and oxygen atoms in total. The second kappa shape index (κ2) is 5.37. The number of carbonyl (C=O) groups is 1. The van der Waals surface area contributed by atoms with E-state index in [0.717, 1.165) is 12.1 Å². The van der Waals surface area contributed by atoms with Gasteiger partial charge in [0.2, 0.25) is 0 Å². The van der Waals surface area contributed by atoms with Gasteiger partial charge >= 0.3 is 6.18 Å². The molecule has 6 heteroatoms. The van der Waals surface area contributed by atoms with Crippen molar-refractivity contribution in [2.24, 2.45) is 0 Å². The summed E-state index contributed by atoms with van der Waals surface area (Å²) in [4.78, 5) is 11.7. The van der Waals surface area contributed by atoms with E-state index in [1.807, 2.05) is 0 Å². The molecule has 1 aromatic rings. The topological polar surface area (TPSA) is 29.1 Å². The lowest BCUT2D eigenvalue weighted by atomic mass is 10.1. The number of amides is 1. The van der Waals surface area contributed by atoms with Gasteiger partial charge in [-0.2, -0.15) is 13.2 Å². The van der Waals surface area contributed by atoms with Gasteiger partial charge in [-0.3, -0.25) is 4.79 Å². The van der Waals surface area contributed by atoms with E-state index in [1.165, 1.54) is 19.9 Å². The van der Waals surface area contributed by atoms with Gasteiger partial charge in [-0.25, -0.2) is 4.39 Å². The van der Waals surface area contributed by atoms with Crippen molar-refractivity contribution in [3.8, 4) is 0 Å². The summed E-state index contributed by atoms with van der Waals surface area (Å²) in [6.45, 7) is 2.79. The Bertz CT molecular complexity index is 442. The van der Waals surface area contributed by atoms with Gasteiger partial charge in [0.25, 0.3) is 5.91 Å². The standard InChI is InChI=1S/C12H13F4NO/c1-7-5-9(13)3-4-10(7)11(18)17-8(2)6-12(14,15)16/h3-5,8H,6H2,1-2H3,(H,17,18). The number of nitrogens with one attached hydrogen (secondary N) is 1. The molecule has 1 amide bonds. The van der Waals surface area contributed by atoms with Crippen LogP contribution in [0.3, 0.4) is 0 Å². The summed E-state index contributed by atoms with van der Waals surface area (Å²) in [5.74, 6) is -1.13. The van der Waals surface area contributed by atoms with Crippen LogP contribution in [-0.4, -0.2) is 18.1 Å². The smallest absolute Gasteiger partial charge is 0.349 e. The van der Waals surface area contributed by atoms with E-state index < -0.39 is 30.4 Å². The molecule has 0 radical (unpaired) electrons. The first-order valence-corrected chi connectivity index (χ1v) is 5.33. The van der Waals surface area contributed by atoms with Crippen LogP contribution in [0.4, 0.5) is 17.6 Å². The number of aryl methyl sites for hydroxylation is 1. The van der Waals surface area contributed by atoms with Crippen LogP contribution in [-0.2, 0) is 0 Å². The lowest BCUT2D eigenvalue weighted by molar-refractivity contribution is -0.138. The third-order valence-corrected chi connectivity index (χ3v) is 2.35. The normalized spacial score (nSPS) is 13.2. The Hall–Kier alpha value is -1.59.